The first-order chi connectivity index (χ1) is 12.8. The van der Waals surface area contributed by atoms with E-state index in [-0.39, 0.29) is 5.82 Å². The summed E-state index contributed by atoms with van der Waals surface area (Å²) in [5, 5.41) is 7.03. The highest BCUT2D eigenvalue weighted by Crippen LogP contribution is 2.21. The molecule has 0 bridgehead atoms. The SMILES string of the molecule is Fc1cnc(Nc2ccc3ncccc3c2)nc1NCc1ccccn1. The lowest BCUT2D eigenvalue weighted by molar-refractivity contribution is 0.617. The smallest absolute Gasteiger partial charge is 0.229 e. The van der Waals surface area contributed by atoms with E-state index in [2.05, 4.69) is 30.6 Å². The number of nitrogens with zero attached hydrogens (tertiary/aromatic N) is 4. The molecule has 6 nitrogen and oxygen atoms in total. The number of benzene rings is 1. The zero-order valence-electron chi connectivity index (χ0n) is 13.7. The van der Waals surface area contributed by atoms with E-state index < -0.39 is 5.82 Å². The molecule has 3 aromatic heterocycles. The molecule has 0 saturated heterocycles. The summed E-state index contributed by atoms with van der Waals surface area (Å²) in [4.78, 5) is 16.7. The van der Waals surface area contributed by atoms with Crippen LogP contribution in [0.25, 0.3) is 10.9 Å². The number of aromatic nitrogens is 4. The first kappa shape index (κ1) is 15.9. The topological polar surface area (TPSA) is 75.6 Å². The predicted octanol–water partition coefficient (Wildman–Crippen LogP) is 3.91. The lowest BCUT2D eigenvalue weighted by Crippen LogP contribution is -2.07. The summed E-state index contributed by atoms with van der Waals surface area (Å²) in [6.07, 6.45) is 4.58. The van der Waals surface area contributed by atoms with E-state index in [0.717, 1.165) is 28.5 Å². The van der Waals surface area contributed by atoms with Gasteiger partial charge in [-0.05, 0) is 36.4 Å². The maximum atomic E-state index is 14.0. The van der Waals surface area contributed by atoms with Crippen LogP contribution >= 0.6 is 0 Å². The Bertz CT molecular complexity index is 1040. The number of rotatable bonds is 5. The number of hydrogen-bond donors (Lipinski definition) is 2. The number of pyridine rings is 2. The van der Waals surface area contributed by atoms with Gasteiger partial charge in [-0.25, -0.2) is 9.37 Å². The van der Waals surface area contributed by atoms with Crippen molar-refractivity contribution in [2.24, 2.45) is 0 Å². The molecule has 0 saturated carbocycles. The van der Waals surface area contributed by atoms with Crippen molar-refractivity contribution in [3.8, 4) is 0 Å². The Morgan fingerprint density at radius 1 is 0.923 bits per heavy atom. The fourth-order valence-electron chi connectivity index (χ4n) is 2.51. The van der Waals surface area contributed by atoms with Crippen molar-refractivity contribution in [2.45, 2.75) is 6.54 Å². The molecule has 4 rings (SSSR count). The predicted molar refractivity (Wildman–Crippen MR) is 98.6 cm³/mol. The van der Waals surface area contributed by atoms with Gasteiger partial charge in [-0.2, -0.15) is 4.98 Å². The van der Waals surface area contributed by atoms with E-state index in [0.29, 0.717) is 12.5 Å². The summed E-state index contributed by atoms with van der Waals surface area (Å²) < 4.78 is 14.0. The Hall–Kier alpha value is -3.61. The highest BCUT2D eigenvalue weighted by molar-refractivity contribution is 5.82. The lowest BCUT2D eigenvalue weighted by atomic mass is 10.2. The molecule has 0 fully saturated rings. The molecule has 3 heterocycles. The van der Waals surface area contributed by atoms with Crippen LogP contribution < -0.4 is 10.6 Å². The van der Waals surface area contributed by atoms with Gasteiger partial charge in [0, 0.05) is 23.5 Å². The van der Waals surface area contributed by atoms with Crippen LogP contribution in [-0.4, -0.2) is 19.9 Å². The minimum absolute atomic E-state index is 0.121. The molecular formula is C19H15FN6. The quantitative estimate of drug-likeness (QED) is 0.570. The van der Waals surface area contributed by atoms with Gasteiger partial charge in [-0.15, -0.1) is 0 Å². The number of fused-ring (bicyclic) bond motifs is 1. The highest BCUT2D eigenvalue weighted by Gasteiger charge is 2.08. The summed E-state index contributed by atoms with van der Waals surface area (Å²) >= 11 is 0. The van der Waals surface area contributed by atoms with Crippen molar-refractivity contribution >= 4 is 28.4 Å². The molecule has 0 radical (unpaired) electrons. The largest absolute Gasteiger partial charge is 0.362 e. The van der Waals surface area contributed by atoms with Gasteiger partial charge in [0.15, 0.2) is 11.6 Å². The van der Waals surface area contributed by atoms with Crippen LogP contribution in [0.2, 0.25) is 0 Å². The summed E-state index contributed by atoms with van der Waals surface area (Å²) in [7, 11) is 0. The number of halogens is 1. The van der Waals surface area contributed by atoms with E-state index in [4.69, 9.17) is 0 Å². The van der Waals surface area contributed by atoms with Crippen LogP contribution in [0.15, 0.2) is 67.1 Å². The maximum Gasteiger partial charge on any atom is 0.229 e. The van der Waals surface area contributed by atoms with Crippen molar-refractivity contribution in [3.63, 3.8) is 0 Å². The zero-order valence-corrected chi connectivity index (χ0v) is 13.7. The molecule has 128 valence electrons. The Kier molecular flexibility index (Phi) is 4.34. The molecule has 0 atom stereocenters. The Morgan fingerprint density at radius 2 is 1.85 bits per heavy atom. The molecule has 0 aliphatic carbocycles. The second kappa shape index (κ2) is 7.10. The van der Waals surface area contributed by atoms with Crippen molar-refractivity contribution in [1.29, 1.82) is 0 Å². The van der Waals surface area contributed by atoms with Crippen molar-refractivity contribution in [2.75, 3.05) is 10.6 Å². The normalized spacial score (nSPS) is 10.7. The number of hydrogen-bond acceptors (Lipinski definition) is 6. The zero-order chi connectivity index (χ0) is 17.8. The fourth-order valence-corrected chi connectivity index (χ4v) is 2.51. The summed E-state index contributed by atoms with van der Waals surface area (Å²) in [6.45, 7) is 0.371. The van der Waals surface area contributed by atoms with Gasteiger partial charge in [0.25, 0.3) is 0 Å². The Labute approximate surface area is 149 Å². The van der Waals surface area contributed by atoms with Gasteiger partial charge in [0.1, 0.15) is 0 Å². The van der Waals surface area contributed by atoms with Crippen LogP contribution in [0.3, 0.4) is 0 Å². The molecule has 26 heavy (non-hydrogen) atoms. The third-order valence-corrected chi connectivity index (χ3v) is 3.77. The number of nitrogens with one attached hydrogen (secondary N) is 2. The summed E-state index contributed by atoms with van der Waals surface area (Å²) in [6, 6.07) is 15.1. The first-order valence-corrected chi connectivity index (χ1v) is 8.06. The van der Waals surface area contributed by atoms with Crippen molar-refractivity contribution in [3.05, 3.63) is 78.6 Å². The monoisotopic (exact) mass is 346 g/mol. The van der Waals surface area contributed by atoms with E-state index in [1.807, 2.05) is 48.5 Å². The van der Waals surface area contributed by atoms with Crippen LogP contribution in [0.4, 0.5) is 21.8 Å². The minimum Gasteiger partial charge on any atom is -0.362 e. The molecular weight excluding hydrogens is 331 g/mol. The molecule has 0 aliphatic heterocycles. The molecule has 2 N–H and O–H groups in total. The fraction of sp³-hybridized carbons (Fsp3) is 0.0526. The lowest BCUT2D eigenvalue weighted by Gasteiger charge is -2.09. The van der Waals surface area contributed by atoms with Gasteiger partial charge in [0.05, 0.1) is 24.0 Å². The van der Waals surface area contributed by atoms with E-state index in [1.54, 1.807) is 12.4 Å². The molecule has 4 aromatic rings. The standard InChI is InChI=1S/C19H15FN6/c20-16-12-24-19(26-18(16)23-11-15-5-1-2-8-21-15)25-14-6-7-17-13(10-14)4-3-9-22-17/h1-10,12H,11H2,(H2,23,24,25,26). The molecule has 0 aliphatic rings. The second-order valence-corrected chi connectivity index (χ2v) is 5.60. The van der Waals surface area contributed by atoms with Gasteiger partial charge < -0.3 is 10.6 Å². The van der Waals surface area contributed by atoms with Gasteiger partial charge in [-0.1, -0.05) is 12.1 Å². The highest BCUT2D eigenvalue weighted by atomic mass is 19.1. The van der Waals surface area contributed by atoms with E-state index in [9.17, 15) is 4.39 Å². The van der Waals surface area contributed by atoms with E-state index in [1.165, 1.54) is 0 Å². The van der Waals surface area contributed by atoms with Crippen LogP contribution in [0.5, 0.6) is 0 Å². The summed E-state index contributed by atoms with van der Waals surface area (Å²) in [5.41, 5.74) is 2.49. The Balaban J connectivity index is 1.53. The summed E-state index contributed by atoms with van der Waals surface area (Å²) in [5.74, 6) is -0.0945. The Morgan fingerprint density at radius 3 is 2.73 bits per heavy atom. The molecule has 0 unspecified atom stereocenters. The maximum absolute atomic E-state index is 14.0. The third kappa shape index (κ3) is 3.56. The van der Waals surface area contributed by atoms with E-state index >= 15 is 0 Å². The average Bonchev–Trinajstić information content (AvgIpc) is 2.69. The van der Waals surface area contributed by atoms with Crippen LogP contribution in [-0.2, 0) is 6.54 Å². The third-order valence-electron chi connectivity index (χ3n) is 3.77. The first-order valence-electron chi connectivity index (χ1n) is 8.06. The molecule has 7 heteroatoms. The van der Waals surface area contributed by atoms with Gasteiger partial charge >= 0.3 is 0 Å². The van der Waals surface area contributed by atoms with Crippen molar-refractivity contribution in [1.82, 2.24) is 19.9 Å². The van der Waals surface area contributed by atoms with Crippen LogP contribution in [0, 0.1) is 5.82 Å². The molecule has 1 aromatic carbocycles. The van der Waals surface area contributed by atoms with Crippen LogP contribution in [0.1, 0.15) is 5.69 Å². The minimum atomic E-state index is -0.519. The molecule has 0 spiro atoms. The van der Waals surface area contributed by atoms with Gasteiger partial charge in [0.2, 0.25) is 5.95 Å². The van der Waals surface area contributed by atoms with Crippen molar-refractivity contribution < 1.29 is 4.39 Å². The average molecular weight is 346 g/mol. The molecule has 0 amide bonds. The second-order valence-electron chi connectivity index (χ2n) is 5.60. The number of anilines is 3. The van der Waals surface area contributed by atoms with Gasteiger partial charge in [-0.3, -0.25) is 9.97 Å².